The van der Waals surface area contributed by atoms with Gasteiger partial charge in [-0.25, -0.2) is 5.01 Å². The van der Waals surface area contributed by atoms with Crippen LogP contribution in [0.2, 0.25) is 0 Å². The number of carbonyl (C=O) groups excluding carboxylic acids is 2. The molecule has 24 heavy (non-hydrogen) atoms. The van der Waals surface area contributed by atoms with Gasteiger partial charge in [-0.05, 0) is 31.6 Å². The Labute approximate surface area is 143 Å². The van der Waals surface area contributed by atoms with Gasteiger partial charge >= 0.3 is 0 Å². The van der Waals surface area contributed by atoms with E-state index in [1.807, 2.05) is 44.4 Å². The molecule has 0 aromatic heterocycles. The second kappa shape index (κ2) is 7.57. The molecule has 0 fully saturated rings. The number of rotatable bonds is 6. The van der Waals surface area contributed by atoms with Gasteiger partial charge in [0.25, 0.3) is 5.91 Å². The highest BCUT2D eigenvalue weighted by Gasteiger charge is 2.27. The number of carbonyl (C=O) groups is 2. The smallest absolute Gasteiger partial charge is 0.267 e. The van der Waals surface area contributed by atoms with Gasteiger partial charge in [-0.2, -0.15) is 5.10 Å². The molecule has 6 heteroatoms. The maximum Gasteiger partial charge on any atom is 0.267 e. The lowest BCUT2D eigenvalue weighted by Crippen LogP contribution is -2.44. The molecule has 1 aromatic rings. The summed E-state index contributed by atoms with van der Waals surface area (Å²) in [6.07, 6.45) is 0.671. The molecule has 1 aliphatic heterocycles. The molecule has 0 bridgehead atoms. The molecule has 1 aromatic carbocycles. The molecular formula is C18H26N4O2. The van der Waals surface area contributed by atoms with Crippen LogP contribution in [0.4, 0.5) is 5.69 Å². The minimum Gasteiger partial charge on any atom is -0.350 e. The second-order valence-corrected chi connectivity index (χ2v) is 7.17. The minimum atomic E-state index is -0.199. The fourth-order valence-electron chi connectivity index (χ4n) is 2.82. The maximum absolute atomic E-state index is 12.4. The lowest BCUT2D eigenvalue weighted by Gasteiger charge is -2.29. The summed E-state index contributed by atoms with van der Waals surface area (Å²) in [7, 11) is 4.02. The van der Waals surface area contributed by atoms with E-state index in [-0.39, 0.29) is 17.2 Å². The van der Waals surface area contributed by atoms with Crippen LogP contribution in [-0.2, 0) is 9.59 Å². The summed E-state index contributed by atoms with van der Waals surface area (Å²) < 4.78 is 0. The molecule has 0 unspecified atom stereocenters. The van der Waals surface area contributed by atoms with Crippen molar-refractivity contribution in [2.75, 3.05) is 32.2 Å². The van der Waals surface area contributed by atoms with Crippen LogP contribution in [0.3, 0.4) is 0 Å². The molecule has 2 amide bonds. The molecule has 1 aliphatic rings. The molecule has 0 saturated heterocycles. The highest BCUT2D eigenvalue weighted by atomic mass is 16.2. The highest BCUT2D eigenvalue weighted by Crippen LogP contribution is 2.20. The van der Waals surface area contributed by atoms with E-state index in [0.717, 1.165) is 6.54 Å². The summed E-state index contributed by atoms with van der Waals surface area (Å²) in [4.78, 5) is 26.6. The van der Waals surface area contributed by atoms with Crippen molar-refractivity contribution in [3.63, 3.8) is 0 Å². The zero-order valence-electron chi connectivity index (χ0n) is 14.9. The number of para-hydroxylation sites is 1. The molecule has 0 aliphatic carbocycles. The van der Waals surface area contributed by atoms with Crippen molar-refractivity contribution in [3.05, 3.63) is 30.3 Å². The van der Waals surface area contributed by atoms with E-state index in [2.05, 4.69) is 29.2 Å². The van der Waals surface area contributed by atoms with Crippen LogP contribution in [0.1, 0.15) is 26.7 Å². The lowest BCUT2D eigenvalue weighted by atomic mass is 9.93. The van der Waals surface area contributed by atoms with Gasteiger partial charge in [-0.15, -0.1) is 0 Å². The van der Waals surface area contributed by atoms with Crippen molar-refractivity contribution in [1.29, 1.82) is 0 Å². The van der Waals surface area contributed by atoms with Gasteiger partial charge < -0.3 is 10.2 Å². The van der Waals surface area contributed by atoms with Crippen molar-refractivity contribution in [2.45, 2.75) is 26.7 Å². The van der Waals surface area contributed by atoms with Crippen LogP contribution >= 0.6 is 0 Å². The number of hydrazone groups is 1. The Balaban J connectivity index is 2.05. The normalized spacial score (nSPS) is 15.5. The largest absolute Gasteiger partial charge is 0.350 e. The van der Waals surface area contributed by atoms with E-state index in [1.54, 1.807) is 0 Å². The molecule has 0 saturated carbocycles. The maximum atomic E-state index is 12.4. The Morgan fingerprint density at radius 3 is 2.54 bits per heavy atom. The van der Waals surface area contributed by atoms with Crippen molar-refractivity contribution < 1.29 is 9.59 Å². The van der Waals surface area contributed by atoms with E-state index in [1.165, 1.54) is 5.01 Å². The Morgan fingerprint density at radius 1 is 1.25 bits per heavy atom. The zero-order chi connectivity index (χ0) is 17.7. The van der Waals surface area contributed by atoms with Gasteiger partial charge in [-0.3, -0.25) is 9.59 Å². The van der Waals surface area contributed by atoms with Gasteiger partial charge in [0.2, 0.25) is 5.91 Å². The molecule has 1 N–H and O–H groups in total. The molecule has 0 spiro atoms. The molecule has 0 radical (unpaired) electrons. The van der Waals surface area contributed by atoms with Crippen LogP contribution in [0.15, 0.2) is 35.4 Å². The standard InChI is InChI=1S/C18H26N4O2/c1-18(2,13-21(3)4)12-19-17(24)15-10-11-16(23)22(20-15)14-8-6-5-7-9-14/h5-9H,10-13H2,1-4H3,(H,19,24). The average molecular weight is 330 g/mol. The second-order valence-electron chi connectivity index (χ2n) is 7.17. The first-order valence-corrected chi connectivity index (χ1v) is 8.17. The summed E-state index contributed by atoms with van der Waals surface area (Å²) in [6, 6.07) is 9.18. The highest BCUT2D eigenvalue weighted by molar-refractivity contribution is 6.40. The van der Waals surface area contributed by atoms with Crippen LogP contribution in [0.5, 0.6) is 0 Å². The van der Waals surface area contributed by atoms with Crippen LogP contribution in [-0.4, -0.2) is 49.6 Å². The van der Waals surface area contributed by atoms with Gasteiger partial charge in [0.1, 0.15) is 5.71 Å². The summed E-state index contributed by atoms with van der Waals surface area (Å²) in [5.74, 6) is -0.291. The number of anilines is 1. The summed E-state index contributed by atoms with van der Waals surface area (Å²) in [5, 5.41) is 8.55. The number of nitrogens with zero attached hydrogens (tertiary/aromatic N) is 3. The molecule has 6 nitrogen and oxygen atoms in total. The topological polar surface area (TPSA) is 65.0 Å². The molecule has 2 rings (SSSR count). The first-order valence-electron chi connectivity index (χ1n) is 8.17. The Hall–Kier alpha value is -2.21. The minimum absolute atomic E-state index is 0.0384. The predicted octanol–water partition coefficient (Wildman–Crippen LogP) is 1.87. The third-order valence-corrected chi connectivity index (χ3v) is 3.77. The number of nitrogens with one attached hydrogen (secondary N) is 1. The fraction of sp³-hybridized carbons (Fsp3) is 0.500. The summed E-state index contributed by atoms with van der Waals surface area (Å²) >= 11 is 0. The molecular weight excluding hydrogens is 304 g/mol. The number of hydrogen-bond acceptors (Lipinski definition) is 4. The van der Waals surface area contributed by atoms with Gasteiger partial charge in [0.05, 0.1) is 5.69 Å². The quantitative estimate of drug-likeness (QED) is 0.866. The first-order chi connectivity index (χ1) is 11.3. The van der Waals surface area contributed by atoms with Crippen LogP contribution in [0.25, 0.3) is 0 Å². The number of hydrogen-bond donors (Lipinski definition) is 1. The Bertz CT molecular complexity index is 623. The predicted molar refractivity (Wildman–Crippen MR) is 95.9 cm³/mol. The first kappa shape index (κ1) is 18.1. The monoisotopic (exact) mass is 330 g/mol. The molecule has 1 heterocycles. The van der Waals surface area contributed by atoms with E-state index in [0.29, 0.717) is 30.8 Å². The molecule has 130 valence electrons. The SMILES string of the molecule is CN(C)CC(C)(C)CNC(=O)C1=NN(c2ccccc2)C(=O)CC1. The number of benzene rings is 1. The Kier molecular flexibility index (Phi) is 5.72. The van der Waals surface area contributed by atoms with E-state index < -0.39 is 0 Å². The van der Waals surface area contributed by atoms with Crippen LogP contribution in [0, 0.1) is 5.41 Å². The van der Waals surface area contributed by atoms with Crippen molar-refractivity contribution in [1.82, 2.24) is 10.2 Å². The van der Waals surface area contributed by atoms with Crippen molar-refractivity contribution >= 4 is 23.2 Å². The third-order valence-electron chi connectivity index (χ3n) is 3.77. The third kappa shape index (κ3) is 4.89. The van der Waals surface area contributed by atoms with E-state index in [9.17, 15) is 9.59 Å². The van der Waals surface area contributed by atoms with E-state index >= 15 is 0 Å². The van der Waals surface area contributed by atoms with Gasteiger partial charge in [0.15, 0.2) is 0 Å². The van der Waals surface area contributed by atoms with Crippen molar-refractivity contribution in [3.8, 4) is 0 Å². The number of amides is 2. The van der Waals surface area contributed by atoms with E-state index in [4.69, 9.17) is 0 Å². The average Bonchev–Trinajstić information content (AvgIpc) is 2.53. The summed E-state index contributed by atoms with van der Waals surface area (Å²) in [6.45, 7) is 5.64. The van der Waals surface area contributed by atoms with Gasteiger partial charge in [-0.1, -0.05) is 32.0 Å². The Morgan fingerprint density at radius 2 is 1.92 bits per heavy atom. The fourth-order valence-corrected chi connectivity index (χ4v) is 2.82. The van der Waals surface area contributed by atoms with Crippen LogP contribution < -0.4 is 10.3 Å². The lowest BCUT2D eigenvalue weighted by molar-refractivity contribution is -0.119. The molecule has 0 atom stereocenters. The zero-order valence-corrected chi connectivity index (χ0v) is 14.9. The summed E-state index contributed by atoms with van der Waals surface area (Å²) in [5.41, 5.74) is 1.04. The van der Waals surface area contributed by atoms with Crippen molar-refractivity contribution in [2.24, 2.45) is 10.5 Å². The van der Waals surface area contributed by atoms with Gasteiger partial charge in [0, 0.05) is 25.9 Å².